The first kappa shape index (κ1) is 12.0. The second-order valence-electron chi connectivity index (χ2n) is 3.71. The van der Waals surface area contributed by atoms with Crippen LogP contribution in [-0.4, -0.2) is 19.6 Å². The average molecular weight is 295 g/mol. The van der Waals surface area contributed by atoms with Gasteiger partial charge in [0.1, 0.15) is 0 Å². The summed E-state index contributed by atoms with van der Waals surface area (Å²) >= 11 is 3.35. The van der Waals surface area contributed by atoms with Gasteiger partial charge in [0.2, 0.25) is 5.54 Å². The van der Waals surface area contributed by atoms with Crippen LogP contribution in [0.3, 0.4) is 0 Å². The topological polar surface area (TPSA) is 51.0 Å². The van der Waals surface area contributed by atoms with Crippen molar-refractivity contribution in [2.45, 2.75) is 5.54 Å². The Morgan fingerprint density at radius 2 is 2.12 bits per heavy atom. The lowest BCUT2D eigenvalue weighted by atomic mass is 9.85. The van der Waals surface area contributed by atoms with Gasteiger partial charge < -0.3 is 4.74 Å². The van der Waals surface area contributed by atoms with Crippen molar-refractivity contribution in [3.8, 4) is 0 Å². The van der Waals surface area contributed by atoms with Crippen LogP contribution in [-0.2, 0) is 15.1 Å². The molecule has 0 amide bonds. The molecular formula is C12H11BrN2O2. The van der Waals surface area contributed by atoms with Crippen LogP contribution in [0.25, 0.3) is 0 Å². The highest BCUT2D eigenvalue weighted by atomic mass is 79.9. The number of hydrogen-bond acceptors (Lipinski definition) is 4. The molecule has 1 aliphatic rings. The fourth-order valence-electron chi connectivity index (χ4n) is 1.82. The molecule has 1 heterocycles. The Morgan fingerprint density at radius 1 is 1.47 bits per heavy atom. The van der Waals surface area contributed by atoms with E-state index in [-0.39, 0.29) is 0 Å². The molecule has 0 bridgehead atoms. The molecule has 1 unspecified atom stereocenters. The summed E-state index contributed by atoms with van der Waals surface area (Å²) in [5.41, 5.74) is 0.181. The van der Waals surface area contributed by atoms with E-state index in [4.69, 9.17) is 4.74 Å². The molecule has 1 aromatic carbocycles. The SMILES string of the molecule is C=C1CN=NC1(C(=O)OC)c1ccc(Br)cc1. The lowest BCUT2D eigenvalue weighted by Crippen LogP contribution is -2.35. The Balaban J connectivity index is 2.55. The summed E-state index contributed by atoms with van der Waals surface area (Å²) in [6.45, 7) is 4.23. The van der Waals surface area contributed by atoms with E-state index in [1.807, 2.05) is 24.3 Å². The summed E-state index contributed by atoms with van der Waals surface area (Å²) in [6, 6.07) is 7.33. The molecule has 0 aromatic heterocycles. The number of ether oxygens (including phenoxy) is 1. The van der Waals surface area contributed by atoms with Gasteiger partial charge in [-0.05, 0) is 23.3 Å². The van der Waals surface area contributed by atoms with Gasteiger partial charge in [-0.15, -0.1) is 0 Å². The molecule has 1 atom stereocenters. The first-order valence-corrected chi connectivity index (χ1v) is 5.82. The average Bonchev–Trinajstić information content (AvgIpc) is 2.72. The van der Waals surface area contributed by atoms with Crippen LogP contribution < -0.4 is 0 Å². The van der Waals surface area contributed by atoms with Crippen LogP contribution in [0.4, 0.5) is 0 Å². The quantitative estimate of drug-likeness (QED) is 0.622. The number of esters is 1. The summed E-state index contributed by atoms with van der Waals surface area (Å²) in [5, 5.41) is 7.95. The van der Waals surface area contributed by atoms with E-state index in [0.29, 0.717) is 12.1 Å². The second-order valence-corrected chi connectivity index (χ2v) is 4.63. The molecule has 0 spiro atoms. The smallest absolute Gasteiger partial charge is 0.344 e. The van der Waals surface area contributed by atoms with Crippen molar-refractivity contribution in [1.29, 1.82) is 0 Å². The largest absolute Gasteiger partial charge is 0.467 e. The van der Waals surface area contributed by atoms with Crippen molar-refractivity contribution in [2.75, 3.05) is 13.7 Å². The summed E-state index contributed by atoms with van der Waals surface area (Å²) < 4.78 is 5.76. The van der Waals surface area contributed by atoms with E-state index in [1.54, 1.807) is 0 Å². The number of carbonyl (C=O) groups excluding carboxylic acids is 1. The summed E-state index contributed by atoms with van der Waals surface area (Å²) in [4.78, 5) is 12.0. The summed E-state index contributed by atoms with van der Waals surface area (Å²) in [7, 11) is 1.34. The number of nitrogens with zero attached hydrogens (tertiary/aromatic N) is 2. The van der Waals surface area contributed by atoms with Gasteiger partial charge in [-0.3, -0.25) is 0 Å². The maximum Gasteiger partial charge on any atom is 0.344 e. The minimum atomic E-state index is -1.17. The van der Waals surface area contributed by atoms with E-state index in [1.165, 1.54) is 7.11 Å². The maximum absolute atomic E-state index is 12.0. The van der Waals surface area contributed by atoms with Crippen molar-refractivity contribution >= 4 is 21.9 Å². The van der Waals surface area contributed by atoms with Gasteiger partial charge in [0, 0.05) is 4.47 Å². The van der Waals surface area contributed by atoms with Gasteiger partial charge in [-0.25, -0.2) is 4.79 Å². The molecule has 17 heavy (non-hydrogen) atoms. The molecule has 0 aliphatic carbocycles. The standard InChI is InChI=1S/C12H11BrN2O2/c1-8-7-14-15-12(8,11(16)17-2)9-3-5-10(13)6-4-9/h3-6H,1,7H2,2H3. The van der Waals surface area contributed by atoms with Gasteiger partial charge in [-0.1, -0.05) is 34.6 Å². The molecule has 0 N–H and O–H groups in total. The van der Waals surface area contributed by atoms with Crippen LogP contribution in [0.15, 0.2) is 51.1 Å². The molecule has 2 rings (SSSR count). The predicted octanol–water partition coefficient (Wildman–Crippen LogP) is 2.84. The maximum atomic E-state index is 12.0. The molecule has 5 heteroatoms. The minimum absolute atomic E-state index is 0.352. The monoisotopic (exact) mass is 294 g/mol. The highest BCUT2D eigenvalue weighted by Gasteiger charge is 2.47. The predicted molar refractivity (Wildman–Crippen MR) is 66.7 cm³/mol. The molecular weight excluding hydrogens is 284 g/mol. The number of carbonyl (C=O) groups is 1. The molecule has 4 nitrogen and oxygen atoms in total. The fraction of sp³-hybridized carbons (Fsp3) is 0.250. The lowest BCUT2D eigenvalue weighted by molar-refractivity contribution is -0.145. The van der Waals surface area contributed by atoms with Gasteiger partial charge in [0.05, 0.1) is 13.7 Å². The van der Waals surface area contributed by atoms with Crippen molar-refractivity contribution in [2.24, 2.45) is 10.2 Å². The zero-order valence-corrected chi connectivity index (χ0v) is 10.9. The van der Waals surface area contributed by atoms with Crippen molar-refractivity contribution in [3.63, 3.8) is 0 Å². The number of benzene rings is 1. The first-order chi connectivity index (χ1) is 8.11. The lowest BCUT2D eigenvalue weighted by Gasteiger charge is -2.23. The Labute approximate surface area is 108 Å². The van der Waals surface area contributed by atoms with Crippen molar-refractivity contribution < 1.29 is 9.53 Å². The Morgan fingerprint density at radius 3 is 2.59 bits per heavy atom. The number of halogens is 1. The Kier molecular flexibility index (Phi) is 3.11. The van der Waals surface area contributed by atoms with Crippen LogP contribution in [0, 0.1) is 0 Å². The highest BCUT2D eigenvalue weighted by Crippen LogP contribution is 2.39. The van der Waals surface area contributed by atoms with E-state index < -0.39 is 11.5 Å². The van der Waals surface area contributed by atoms with E-state index in [0.717, 1.165) is 10.0 Å². The van der Waals surface area contributed by atoms with Crippen LogP contribution in [0.1, 0.15) is 5.56 Å². The number of methoxy groups -OCH3 is 1. The molecule has 1 aromatic rings. The molecule has 0 saturated heterocycles. The normalized spacial score (nSPS) is 22.8. The molecule has 0 radical (unpaired) electrons. The Hall–Kier alpha value is -1.49. The third-order valence-corrected chi connectivity index (χ3v) is 3.27. The van der Waals surface area contributed by atoms with Crippen LogP contribution >= 0.6 is 15.9 Å². The minimum Gasteiger partial charge on any atom is -0.467 e. The van der Waals surface area contributed by atoms with Crippen LogP contribution in [0.5, 0.6) is 0 Å². The molecule has 0 saturated carbocycles. The number of hydrogen-bond donors (Lipinski definition) is 0. The van der Waals surface area contributed by atoms with Crippen molar-refractivity contribution in [1.82, 2.24) is 0 Å². The molecule has 1 aliphatic heterocycles. The summed E-state index contributed by atoms with van der Waals surface area (Å²) in [5.74, 6) is -0.453. The van der Waals surface area contributed by atoms with Crippen LogP contribution in [0.2, 0.25) is 0 Å². The van der Waals surface area contributed by atoms with Gasteiger partial charge in [0.25, 0.3) is 0 Å². The second kappa shape index (κ2) is 4.41. The van der Waals surface area contributed by atoms with E-state index >= 15 is 0 Å². The zero-order chi connectivity index (χ0) is 12.5. The third kappa shape index (κ3) is 1.80. The zero-order valence-electron chi connectivity index (χ0n) is 9.31. The summed E-state index contributed by atoms with van der Waals surface area (Å²) in [6.07, 6.45) is 0. The van der Waals surface area contributed by atoms with Gasteiger partial charge in [0.15, 0.2) is 0 Å². The Bertz CT molecular complexity index is 496. The van der Waals surface area contributed by atoms with E-state index in [2.05, 4.69) is 32.7 Å². The van der Waals surface area contributed by atoms with Gasteiger partial charge >= 0.3 is 5.97 Å². The third-order valence-electron chi connectivity index (χ3n) is 2.74. The van der Waals surface area contributed by atoms with E-state index in [9.17, 15) is 4.79 Å². The number of azo groups is 1. The fourth-order valence-corrected chi connectivity index (χ4v) is 2.08. The van der Waals surface area contributed by atoms with Gasteiger partial charge in [-0.2, -0.15) is 10.2 Å². The molecule has 88 valence electrons. The van der Waals surface area contributed by atoms with Crippen molar-refractivity contribution in [3.05, 3.63) is 46.5 Å². The first-order valence-electron chi connectivity index (χ1n) is 5.02. The highest BCUT2D eigenvalue weighted by molar-refractivity contribution is 9.10. The molecule has 0 fully saturated rings. The number of rotatable bonds is 2.